The molecule has 0 aliphatic carbocycles. The van der Waals surface area contributed by atoms with Gasteiger partial charge in [0.15, 0.2) is 0 Å². The Labute approximate surface area is 270 Å². The summed E-state index contributed by atoms with van der Waals surface area (Å²) >= 11 is 0. The van der Waals surface area contributed by atoms with Gasteiger partial charge in [0.25, 0.3) is 0 Å². The van der Waals surface area contributed by atoms with Crippen LogP contribution in [0.4, 0.5) is 11.4 Å². The summed E-state index contributed by atoms with van der Waals surface area (Å²) in [5.41, 5.74) is 7.66. The van der Waals surface area contributed by atoms with Crippen LogP contribution in [0.15, 0.2) is 72.8 Å². The fraction of sp³-hybridized carbons (Fsp3) is 0.476. The van der Waals surface area contributed by atoms with Crippen LogP contribution in [0.5, 0.6) is 0 Å². The predicted octanol–water partition coefficient (Wildman–Crippen LogP) is 12.4. The highest BCUT2D eigenvalue weighted by Crippen LogP contribution is 2.21. The summed E-state index contributed by atoms with van der Waals surface area (Å²) in [6.45, 7) is 13.8. The molecule has 238 valence electrons. The Morgan fingerprint density at radius 2 is 0.568 bits per heavy atom. The molecule has 3 aromatic carbocycles. The highest BCUT2D eigenvalue weighted by atomic mass is 15.1. The van der Waals surface area contributed by atoms with Crippen LogP contribution in [0.3, 0.4) is 0 Å². The molecule has 0 heterocycles. The molecule has 0 radical (unpaired) electrons. The first-order valence-electron chi connectivity index (χ1n) is 17.8. The van der Waals surface area contributed by atoms with E-state index in [0.717, 1.165) is 26.2 Å². The molecule has 0 N–H and O–H groups in total. The van der Waals surface area contributed by atoms with Gasteiger partial charge in [-0.2, -0.15) is 0 Å². The van der Waals surface area contributed by atoms with E-state index in [0.29, 0.717) is 0 Å². The molecule has 0 saturated heterocycles. The van der Waals surface area contributed by atoms with Crippen molar-refractivity contribution < 1.29 is 0 Å². The number of hydrogen-bond donors (Lipinski definition) is 0. The van der Waals surface area contributed by atoms with Crippen molar-refractivity contribution in [2.24, 2.45) is 0 Å². The highest BCUT2D eigenvalue weighted by molar-refractivity contribution is 5.74. The van der Waals surface area contributed by atoms with E-state index in [-0.39, 0.29) is 0 Å². The summed E-state index contributed by atoms with van der Waals surface area (Å²) in [4.78, 5) is 5.16. The number of anilines is 2. The summed E-state index contributed by atoms with van der Waals surface area (Å²) in [5.74, 6) is 0. The average molecular weight is 593 g/mol. The molecule has 0 aliphatic rings. The molecule has 3 aromatic rings. The molecule has 0 unspecified atom stereocenters. The molecule has 0 atom stereocenters. The molecule has 0 fully saturated rings. The molecule has 2 heteroatoms. The van der Waals surface area contributed by atoms with Gasteiger partial charge in [-0.15, -0.1) is 0 Å². The predicted molar refractivity (Wildman–Crippen MR) is 200 cm³/mol. The third-order valence-electron chi connectivity index (χ3n) is 8.52. The van der Waals surface area contributed by atoms with Crippen LogP contribution in [-0.2, 0) is 0 Å². The van der Waals surface area contributed by atoms with Gasteiger partial charge >= 0.3 is 0 Å². The molecule has 0 amide bonds. The largest absolute Gasteiger partial charge is 0.372 e. The number of benzene rings is 3. The van der Waals surface area contributed by atoms with Crippen LogP contribution in [0.25, 0.3) is 24.3 Å². The van der Waals surface area contributed by atoms with E-state index < -0.39 is 0 Å². The van der Waals surface area contributed by atoms with Gasteiger partial charge in [0, 0.05) is 37.6 Å². The van der Waals surface area contributed by atoms with Gasteiger partial charge in [0.05, 0.1) is 0 Å². The second-order valence-electron chi connectivity index (χ2n) is 12.3. The fourth-order valence-electron chi connectivity index (χ4n) is 5.65. The van der Waals surface area contributed by atoms with Crippen molar-refractivity contribution in [2.75, 3.05) is 36.0 Å². The minimum Gasteiger partial charge on any atom is -0.372 e. The lowest BCUT2D eigenvalue weighted by atomic mass is 10.1. The lowest BCUT2D eigenvalue weighted by Crippen LogP contribution is -2.25. The first kappa shape index (κ1) is 35.2. The molecular weight excluding hydrogens is 532 g/mol. The van der Waals surface area contributed by atoms with Crippen LogP contribution in [0, 0.1) is 0 Å². The van der Waals surface area contributed by atoms with E-state index in [2.05, 4.69) is 135 Å². The Balaban J connectivity index is 1.55. The van der Waals surface area contributed by atoms with Crippen molar-refractivity contribution in [1.29, 1.82) is 0 Å². The topological polar surface area (TPSA) is 6.48 Å². The van der Waals surface area contributed by atoms with Crippen LogP contribution in [-0.4, -0.2) is 26.2 Å². The van der Waals surface area contributed by atoms with E-state index in [1.54, 1.807) is 0 Å². The summed E-state index contributed by atoms with van der Waals surface area (Å²) < 4.78 is 0. The van der Waals surface area contributed by atoms with Crippen LogP contribution in [0.1, 0.15) is 127 Å². The lowest BCUT2D eigenvalue weighted by molar-refractivity contribution is 0.636. The van der Waals surface area contributed by atoms with Gasteiger partial charge in [-0.3, -0.25) is 0 Å². The smallest absolute Gasteiger partial charge is 0.0366 e. The fourth-order valence-corrected chi connectivity index (χ4v) is 5.65. The summed E-state index contributed by atoms with van der Waals surface area (Å²) in [6.07, 6.45) is 24.3. The zero-order valence-electron chi connectivity index (χ0n) is 28.4. The Bertz CT molecular complexity index is 1070. The lowest BCUT2D eigenvalue weighted by Gasteiger charge is -2.25. The quantitative estimate of drug-likeness (QED) is 0.0845. The third kappa shape index (κ3) is 13.2. The molecule has 3 rings (SSSR count). The maximum Gasteiger partial charge on any atom is 0.0366 e. The van der Waals surface area contributed by atoms with Crippen LogP contribution < -0.4 is 9.80 Å². The second kappa shape index (κ2) is 21.4. The van der Waals surface area contributed by atoms with Gasteiger partial charge < -0.3 is 9.80 Å². The van der Waals surface area contributed by atoms with Gasteiger partial charge in [0.1, 0.15) is 0 Å². The van der Waals surface area contributed by atoms with Gasteiger partial charge in [0.2, 0.25) is 0 Å². The first-order chi connectivity index (χ1) is 21.7. The Morgan fingerprint density at radius 3 is 0.795 bits per heavy atom. The van der Waals surface area contributed by atoms with Gasteiger partial charge in [-0.05, 0) is 72.2 Å². The molecule has 0 bridgehead atoms. The van der Waals surface area contributed by atoms with Crippen molar-refractivity contribution >= 4 is 35.7 Å². The van der Waals surface area contributed by atoms with E-state index >= 15 is 0 Å². The number of nitrogens with zero attached hydrogens (tertiary/aromatic N) is 2. The zero-order valence-corrected chi connectivity index (χ0v) is 28.4. The van der Waals surface area contributed by atoms with Crippen molar-refractivity contribution in [1.82, 2.24) is 0 Å². The molecular formula is C42H60N2. The summed E-state index contributed by atoms with van der Waals surface area (Å²) in [6, 6.07) is 27.1. The van der Waals surface area contributed by atoms with Crippen LogP contribution in [0.2, 0.25) is 0 Å². The molecule has 44 heavy (non-hydrogen) atoms. The summed E-state index contributed by atoms with van der Waals surface area (Å²) in [5, 5.41) is 0. The number of unbranched alkanes of at least 4 members (excludes halogenated alkanes) is 8. The molecule has 0 saturated carbocycles. The molecule has 0 aliphatic heterocycles. The van der Waals surface area contributed by atoms with E-state index in [4.69, 9.17) is 0 Å². The molecule has 0 spiro atoms. The van der Waals surface area contributed by atoms with Crippen molar-refractivity contribution in [3.63, 3.8) is 0 Å². The number of rotatable bonds is 22. The minimum absolute atomic E-state index is 1.16. The number of hydrogen-bond acceptors (Lipinski definition) is 2. The van der Waals surface area contributed by atoms with Crippen LogP contribution >= 0.6 is 0 Å². The minimum atomic E-state index is 1.16. The summed E-state index contributed by atoms with van der Waals surface area (Å²) in [7, 11) is 0. The normalized spacial score (nSPS) is 11.5. The Morgan fingerprint density at radius 1 is 0.341 bits per heavy atom. The SMILES string of the molecule is CCCCCN(CCCCC)c1ccc(C=Cc2ccc(C=Cc3ccc(N(CCCCC)CCCCC)cc3)cc2)cc1. The van der Waals surface area contributed by atoms with Crippen molar-refractivity contribution in [2.45, 2.75) is 105 Å². The Kier molecular flexibility index (Phi) is 17.2. The van der Waals surface area contributed by atoms with Crippen molar-refractivity contribution in [3.8, 4) is 0 Å². The molecule has 2 nitrogen and oxygen atoms in total. The second-order valence-corrected chi connectivity index (χ2v) is 12.3. The third-order valence-corrected chi connectivity index (χ3v) is 8.52. The average Bonchev–Trinajstić information content (AvgIpc) is 3.06. The first-order valence-corrected chi connectivity index (χ1v) is 17.8. The van der Waals surface area contributed by atoms with E-state index in [1.807, 2.05) is 0 Å². The van der Waals surface area contributed by atoms with E-state index in [9.17, 15) is 0 Å². The zero-order chi connectivity index (χ0) is 31.2. The maximum absolute atomic E-state index is 2.58. The van der Waals surface area contributed by atoms with Gasteiger partial charge in [-0.1, -0.05) is 152 Å². The Hall–Kier alpha value is -3.26. The standard InChI is InChI=1S/C42H60N2/c1-5-9-13-33-43(34-14-10-6-2)41-29-25-39(26-30-41)23-21-37-17-19-38(20-18-37)22-24-40-27-31-42(32-28-40)44(35-15-11-7-3)36-16-12-8-4/h17-32H,5-16,33-36H2,1-4H3. The van der Waals surface area contributed by atoms with E-state index in [1.165, 1.54) is 111 Å². The molecule has 0 aromatic heterocycles. The van der Waals surface area contributed by atoms with Gasteiger partial charge in [-0.25, -0.2) is 0 Å². The van der Waals surface area contributed by atoms with Crippen molar-refractivity contribution in [3.05, 3.63) is 95.1 Å². The highest BCUT2D eigenvalue weighted by Gasteiger charge is 2.07. The maximum atomic E-state index is 2.58. The monoisotopic (exact) mass is 592 g/mol.